The minimum Gasteiger partial charge on any atom is -0.377 e. The fourth-order valence-corrected chi connectivity index (χ4v) is 4.74. The van der Waals surface area contributed by atoms with E-state index < -0.39 is 0 Å². The number of hydrogen-bond donors (Lipinski definition) is 0. The zero-order valence-corrected chi connectivity index (χ0v) is 18.8. The average Bonchev–Trinajstić information content (AvgIpc) is 3.28. The zero-order valence-electron chi connectivity index (χ0n) is 18.8. The number of carbonyl (C=O) groups is 1. The van der Waals surface area contributed by atoms with Crippen molar-refractivity contribution in [1.29, 1.82) is 0 Å². The number of ether oxygens (including phenoxy) is 1. The van der Waals surface area contributed by atoms with Gasteiger partial charge in [0.2, 0.25) is 11.9 Å². The predicted octanol–water partition coefficient (Wildman–Crippen LogP) is 3.16. The monoisotopic (exact) mass is 434 g/mol. The van der Waals surface area contributed by atoms with Crippen molar-refractivity contribution in [2.75, 3.05) is 37.7 Å². The van der Waals surface area contributed by atoms with Gasteiger partial charge in [0, 0.05) is 38.0 Å². The van der Waals surface area contributed by atoms with E-state index in [0.717, 1.165) is 55.0 Å². The standard InChI is InChI=1S/C24H30N6O2/c1-3-23(31)28-10-8-18(9-11-28)20-14-22(29-12-13-32-15-17(29)2)27-24(26-20)30-16-25-19-6-4-5-7-21(19)30/h4-7,14,16-18H,3,8-13,15H2,1-2H3/t17-/m1/s1. The molecule has 1 atom stereocenters. The second-order valence-electron chi connectivity index (χ2n) is 8.68. The van der Waals surface area contributed by atoms with Gasteiger partial charge in [-0.05, 0) is 31.9 Å². The topological polar surface area (TPSA) is 76.4 Å². The van der Waals surface area contributed by atoms with E-state index in [9.17, 15) is 4.79 Å². The van der Waals surface area contributed by atoms with Gasteiger partial charge in [-0.2, -0.15) is 4.98 Å². The van der Waals surface area contributed by atoms with E-state index in [1.54, 1.807) is 6.33 Å². The molecule has 0 saturated carbocycles. The first-order chi connectivity index (χ1) is 15.6. The van der Waals surface area contributed by atoms with Crippen molar-refractivity contribution in [2.24, 2.45) is 0 Å². The van der Waals surface area contributed by atoms with Gasteiger partial charge in [-0.25, -0.2) is 9.97 Å². The summed E-state index contributed by atoms with van der Waals surface area (Å²) in [5, 5.41) is 0. The van der Waals surface area contributed by atoms with Crippen LogP contribution in [-0.2, 0) is 9.53 Å². The average molecular weight is 435 g/mol. The largest absolute Gasteiger partial charge is 0.377 e. The Hall–Kier alpha value is -3.00. The number of piperidine rings is 1. The van der Waals surface area contributed by atoms with E-state index in [1.807, 2.05) is 40.7 Å². The third kappa shape index (κ3) is 3.95. The number of para-hydroxylation sites is 2. The number of rotatable bonds is 4. The summed E-state index contributed by atoms with van der Waals surface area (Å²) in [7, 11) is 0. The van der Waals surface area contributed by atoms with Gasteiger partial charge in [-0.1, -0.05) is 19.1 Å². The third-order valence-electron chi connectivity index (χ3n) is 6.62. The molecule has 2 saturated heterocycles. The predicted molar refractivity (Wildman–Crippen MR) is 123 cm³/mol. The van der Waals surface area contributed by atoms with E-state index in [0.29, 0.717) is 31.5 Å². The first-order valence-electron chi connectivity index (χ1n) is 11.6. The number of likely N-dealkylation sites (tertiary alicyclic amines) is 1. The second-order valence-corrected chi connectivity index (χ2v) is 8.68. The molecule has 2 aliphatic rings. The molecule has 2 aliphatic heterocycles. The van der Waals surface area contributed by atoms with Crippen LogP contribution < -0.4 is 4.90 Å². The molecule has 4 heterocycles. The number of nitrogens with zero attached hydrogens (tertiary/aromatic N) is 6. The Morgan fingerprint density at radius 1 is 1.16 bits per heavy atom. The van der Waals surface area contributed by atoms with E-state index in [1.165, 1.54) is 0 Å². The van der Waals surface area contributed by atoms with Crippen molar-refractivity contribution in [1.82, 2.24) is 24.4 Å². The molecule has 1 amide bonds. The lowest BCUT2D eigenvalue weighted by atomic mass is 9.93. The third-order valence-corrected chi connectivity index (χ3v) is 6.62. The number of carbonyl (C=O) groups excluding carboxylic acids is 1. The fraction of sp³-hybridized carbons (Fsp3) is 0.500. The van der Waals surface area contributed by atoms with Gasteiger partial charge in [0.25, 0.3) is 0 Å². The Balaban J connectivity index is 1.52. The Kier molecular flexibility index (Phi) is 5.78. The molecule has 0 aliphatic carbocycles. The van der Waals surface area contributed by atoms with Gasteiger partial charge < -0.3 is 14.5 Å². The summed E-state index contributed by atoms with van der Waals surface area (Å²) in [6, 6.07) is 10.4. The van der Waals surface area contributed by atoms with E-state index >= 15 is 0 Å². The minimum absolute atomic E-state index is 0.236. The highest BCUT2D eigenvalue weighted by atomic mass is 16.5. The molecule has 32 heavy (non-hydrogen) atoms. The maximum atomic E-state index is 12.1. The summed E-state index contributed by atoms with van der Waals surface area (Å²) in [6.45, 7) is 7.87. The van der Waals surface area contributed by atoms with Gasteiger partial charge in [-0.15, -0.1) is 0 Å². The van der Waals surface area contributed by atoms with Crippen molar-refractivity contribution in [3.63, 3.8) is 0 Å². The Bertz CT molecular complexity index is 1100. The maximum absolute atomic E-state index is 12.1. The fourth-order valence-electron chi connectivity index (χ4n) is 4.74. The molecule has 1 aromatic carbocycles. The van der Waals surface area contributed by atoms with E-state index in [2.05, 4.69) is 22.9 Å². The molecule has 0 spiro atoms. The number of aromatic nitrogens is 4. The second kappa shape index (κ2) is 8.86. The molecule has 5 rings (SSSR count). The molecular weight excluding hydrogens is 404 g/mol. The Labute approximate surface area is 188 Å². The van der Waals surface area contributed by atoms with E-state index in [-0.39, 0.29) is 11.9 Å². The number of anilines is 1. The maximum Gasteiger partial charge on any atom is 0.237 e. The highest BCUT2D eigenvalue weighted by Gasteiger charge is 2.27. The Morgan fingerprint density at radius 2 is 1.97 bits per heavy atom. The zero-order chi connectivity index (χ0) is 22.1. The van der Waals surface area contributed by atoms with Gasteiger partial charge >= 0.3 is 0 Å². The summed E-state index contributed by atoms with van der Waals surface area (Å²) in [5.41, 5.74) is 2.97. The van der Waals surface area contributed by atoms with Crippen LogP contribution in [0.3, 0.4) is 0 Å². The molecule has 2 fully saturated rings. The highest BCUT2D eigenvalue weighted by Crippen LogP contribution is 2.31. The Morgan fingerprint density at radius 3 is 2.75 bits per heavy atom. The number of imidazole rings is 1. The number of benzene rings is 1. The summed E-state index contributed by atoms with van der Waals surface area (Å²) >= 11 is 0. The molecular formula is C24H30N6O2. The van der Waals surface area contributed by atoms with Crippen LogP contribution in [0.25, 0.3) is 17.0 Å². The molecule has 0 radical (unpaired) electrons. The minimum atomic E-state index is 0.236. The van der Waals surface area contributed by atoms with Crippen LogP contribution >= 0.6 is 0 Å². The van der Waals surface area contributed by atoms with Crippen LogP contribution in [0.4, 0.5) is 5.82 Å². The molecule has 8 heteroatoms. The summed E-state index contributed by atoms with van der Waals surface area (Å²) in [5.74, 6) is 2.13. The van der Waals surface area contributed by atoms with Crippen LogP contribution in [0, 0.1) is 0 Å². The molecule has 8 nitrogen and oxygen atoms in total. The van der Waals surface area contributed by atoms with Crippen LogP contribution in [0.5, 0.6) is 0 Å². The smallest absolute Gasteiger partial charge is 0.237 e. The van der Waals surface area contributed by atoms with Crippen LogP contribution in [0.15, 0.2) is 36.7 Å². The van der Waals surface area contributed by atoms with Gasteiger partial charge in [0.05, 0.1) is 36.0 Å². The van der Waals surface area contributed by atoms with Crippen LogP contribution in [-0.4, -0.2) is 69.2 Å². The molecule has 0 unspecified atom stereocenters. The van der Waals surface area contributed by atoms with Gasteiger partial charge in [-0.3, -0.25) is 9.36 Å². The summed E-state index contributed by atoms with van der Waals surface area (Å²) in [6.07, 6.45) is 4.21. The van der Waals surface area contributed by atoms with E-state index in [4.69, 9.17) is 14.7 Å². The van der Waals surface area contributed by atoms with Crippen LogP contribution in [0.2, 0.25) is 0 Å². The lowest BCUT2D eigenvalue weighted by Crippen LogP contribution is -2.44. The molecule has 168 valence electrons. The van der Waals surface area contributed by atoms with Crippen molar-refractivity contribution in [3.05, 3.63) is 42.4 Å². The first-order valence-corrected chi connectivity index (χ1v) is 11.6. The van der Waals surface area contributed by atoms with Crippen molar-refractivity contribution in [3.8, 4) is 5.95 Å². The SMILES string of the molecule is CCC(=O)N1CCC(c2cc(N3CCOC[C@H]3C)nc(-n3cnc4ccccc43)n2)CC1. The van der Waals surface area contributed by atoms with Gasteiger partial charge in [0.15, 0.2) is 0 Å². The quantitative estimate of drug-likeness (QED) is 0.628. The van der Waals surface area contributed by atoms with Crippen molar-refractivity contribution in [2.45, 2.75) is 45.1 Å². The highest BCUT2D eigenvalue weighted by molar-refractivity contribution is 5.77. The normalized spacial score (nSPS) is 20.1. The number of hydrogen-bond acceptors (Lipinski definition) is 6. The number of amides is 1. The summed E-state index contributed by atoms with van der Waals surface area (Å²) in [4.78, 5) is 30.9. The number of fused-ring (bicyclic) bond motifs is 1. The van der Waals surface area contributed by atoms with Crippen molar-refractivity contribution < 1.29 is 9.53 Å². The molecule has 0 bridgehead atoms. The number of morpholine rings is 1. The van der Waals surface area contributed by atoms with Crippen molar-refractivity contribution >= 4 is 22.8 Å². The first kappa shape index (κ1) is 20.9. The molecule has 0 N–H and O–H groups in total. The summed E-state index contributed by atoms with van der Waals surface area (Å²) < 4.78 is 7.62. The lowest BCUT2D eigenvalue weighted by molar-refractivity contribution is -0.131. The van der Waals surface area contributed by atoms with Crippen LogP contribution in [0.1, 0.15) is 44.7 Å². The lowest BCUT2D eigenvalue weighted by Gasteiger charge is -2.35. The van der Waals surface area contributed by atoms with Gasteiger partial charge in [0.1, 0.15) is 12.1 Å². The molecule has 3 aromatic rings. The molecule has 2 aromatic heterocycles.